The van der Waals surface area contributed by atoms with Gasteiger partial charge in [0, 0.05) is 27.9 Å². The number of fused-ring (bicyclic) bond motifs is 1. The average Bonchev–Trinajstić information content (AvgIpc) is 2.92. The molecule has 0 saturated heterocycles. The molecule has 2 heterocycles. The summed E-state index contributed by atoms with van der Waals surface area (Å²) in [7, 11) is -1.22. The van der Waals surface area contributed by atoms with Crippen molar-refractivity contribution in [2.75, 3.05) is 11.5 Å². The third-order valence-corrected chi connectivity index (χ3v) is 6.57. The molecule has 0 aliphatic carbocycles. The van der Waals surface area contributed by atoms with Crippen LogP contribution in [0.25, 0.3) is 5.78 Å². The maximum atomic E-state index is 12.4. The molecule has 0 aliphatic heterocycles. The van der Waals surface area contributed by atoms with Crippen molar-refractivity contribution in [1.82, 2.24) is 19.6 Å². The number of aryl methyl sites for hydroxylation is 2. The van der Waals surface area contributed by atoms with Crippen molar-refractivity contribution >= 4 is 51.5 Å². The van der Waals surface area contributed by atoms with Gasteiger partial charge in [-0.25, -0.2) is 4.98 Å². The molecule has 0 amide bonds. The van der Waals surface area contributed by atoms with Crippen LogP contribution in [-0.4, -0.2) is 35.3 Å². The number of aromatic nitrogens is 4. The topological polar surface area (TPSA) is 60.2 Å². The van der Waals surface area contributed by atoms with Crippen LogP contribution in [0.2, 0.25) is 10.0 Å². The number of hydrogen-bond donors (Lipinski definition) is 0. The Hall–Kier alpha value is -1.15. The van der Waals surface area contributed by atoms with Crippen LogP contribution in [0.1, 0.15) is 11.4 Å². The van der Waals surface area contributed by atoms with Gasteiger partial charge in [-0.1, -0.05) is 35.0 Å². The van der Waals surface area contributed by atoms with Gasteiger partial charge in [0.25, 0.3) is 5.78 Å². The number of nitrogens with zero attached hydrogens (tertiary/aromatic N) is 4. The Balaban J connectivity index is 1.71. The molecule has 0 aliphatic rings. The Kier molecular flexibility index (Phi) is 5.44. The summed E-state index contributed by atoms with van der Waals surface area (Å²) in [4.78, 5) is 4.91. The minimum atomic E-state index is -1.22. The summed E-state index contributed by atoms with van der Waals surface area (Å²) in [5.41, 5.74) is 1.92. The Morgan fingerprint density at radius 2 is 2.00 bits per heavy atom. The van der Waals surface area contributed by atoms with Gasteiger partial charge in [-0.15, -0.1) is 10.2 Å². The Bertz CT molecular complexity index is 929. The maximum absolute atomic E-state index is 12.4. The predicted molar refractivity (Wildman–Crippen MR) is 98.7 cm³/mol. The summed E-state index contributed by atoms with van der Waals surface area (Å²) in [6.45, 7) is 3.91. The van der Waals surface area contributed by atoms with E-state index in [9.17, 15) is 4.21 Å². The number of thioether (sulfide) groups is 1. The molecule has 5 nitrogen and oxygen atoms in total. The Morgan fingerprint density at radius 1 is 1.21 bits per heavy atom. The SMILES string of the molecule is Cc1cc(C)n2c(SCCS(=O)c3cc(Cl)ccc3Cl)nnc2n1. The largest absolute Gasteiger partial charge is 0.259 e. The van der Waals surface area contributed by atoms with Crippen LogP contribution in [0, 0.1) is 13.8 Å². The van der Waals surface area contributed by atoms with Crippen molar-refractivity contribution in [2.24, 2.45) is 0 Å². The molecule has 9 heteroatoms. The van der Waals surface area contributed by atoms with Gasteiger partial charge in [0.2, 0.25) is 0 Å². The van der Waals surface area contributed by atoms with E-state index >= 15 is 0 Å². The van der Waals surface area contributed by atoms with Gasteiger partial charge in [0.05, 0.1) is 20.7 Å². The molecule has 126 valence electrons. The van der Waals surface area contributed by atoms with Gasteiger partial charge in [-0.05, 0) is 38.1 Å². The highest BCUT2D eigenvalue weighted by Crippen LogP contribution is 2.25. The molecule has 0 N–H and O–H groups in total. The fourth-order valence-electron chi connectivity index (χ4n) is 2.26. The van der Waals surface area contributed by atoms with E-state index in [1.54, 1.807) is 18.2 Å². The number of hydrogen-bond acceptors (Lipinski definition) is 5. The lowest BCUT2D eigenvalue weighted by Gasteiger charge is -2.06. The second-order valence-corrected chi connectivity index (χ2v) is 8.57. The maximum Gasteiger partial charge on any atom is 0.256 e. The van der Waals surface area contributed by atoms with Gasteiger partial charge in [0.15, 0.2) is 5.16 Å². The van der Waals surface area contributed by atoms with E-state index in [0.717, 1.165) is 16.5 Å². The Morgan fingerprint density at radius 3 is 2.79 bits per heavy atom. The first-order valence-corrected chi connectivity index (χ1v) is 10.2. The molecule has 0 spiro atoms. The highest BCUT2D eigenvalue weighted by Gasteiger charge is 2.13. The smallest absolute Gasteiger partial charge is 0.256 e. The summed E-state index contributed by atoms with van der Waals surface area (Å²) in [6.07, 6.45) is 0. The number of rotatable bonds is 5. The van der Waals surface area contributed by atoms with Crippen LogP contribution in [0.5, 0.6) is 0 Å². The van der Waals surface area contributed by atoms with Crippen LogP contribution in [0.15, 0.2) is 34.3 Å². The standard InChI is InChI=1S/C15H14Cl2N4OS2/c1-9-7-10(2)21-14(18-9)19-20-15(21)23-5-6-24(22)13-8-11(16)3-4-12(13)17/h3-4,7-8H,5-6H2,1-2H3. The third-order valence-electron chi connectivity index (χ3n) is 3.30. The van der Waals surface area contributed by atoms with Crippen molar-refractivity contribution in [2.45, 2.75) is 23.9 Å². The van der Waals surface area contributed by atoms with Crippen LogP contribution in [0.3, 0.4) is 0 Å². The normalized spacial score (nSPS) is 12.7. The molecule has 24 heavy (non-hydrogen) atoms. The van der Waals surface area contributed by atoms with Crippen molar-refractivity contribution < 1.29 is 4.21 Å². The summed E-state index contributed by atoms with van der Waals surface area (Å²) < 4.78 is 14.3. The van der Waals surface area contributed by atoms with Gasteiger partial charge >= 0.3 is 0 Å². The molecule has 1 aromatic carbocycles. The van der Waals surface area contributed by atoms with Crippen molar-refractivity contribution in [3.8, 4) is 0 Å². The van der Waals surface area contributed by atoms with Crippen molar-refractivity contribution in [3.05, 3.63) is 45.7 Å². The highest BCUT2D eigenvalue weighted by molar-refractivity contribution is 8.00. The summed E-state index contributed by atoms with van der Waals surface area (Å²) >= 11 is 13.5. The van der Waals surface area contributed by atoms with E-state index < -0.39 is 10.8 Å². The lowest BCUT2D eigenvalue weighted by Crippen LogP contribution is -2.03. The summed E-state index contributed by atoms with van der Waals surface area (Å²) in [5.74, 6) is 1.63. The average molecular weight is 401 g/mol. The molecule has 1 atom stereocenters. The van der Waals surface area contributed by atoms with E-state index in [2.05, 4.69) is 15.2 Å². The van der Waals surface area contributed by atoms with E-state index in [0.29, 0.717) is 32.2 Å². The van der Waals surface area contributed by atoms with Crippen LogP contribution in [-0.2, 0) is 10.8 Å². The lowest BCUT2D eigenvalue weighted by molar-refractivity contribution is 0.684. The van der Waals surface area contributed by atoms with Crippen molar-refractivity contribution in [3.63, 3.8) is 0 Å². The molecule has 0 fully saturated rings. The van der Waals surface area contributed by atoms with Crippen LogP contribution < -0.4 is 0 Å². The zero-order chi connectivity index (χ0) is 17.3. The van der Waals surface area contributed by atoms with E-state index in [1.807, 2.05) is 24.3 Å². The molecule has 3 rings (SSSR count). The molecule has 0 saturated carbocycles. The highest BCUT2D eigenvalue weighted by atomic mass is 35.5. The third kappa shape index (κ3) is 3.74. The van der Waals surface area contributed by atoms with Gasteiger partial charge in [-0.3, -0.25) is 8.61 Å². The van der Waals surface area contributed by atoms with E-state index in [1.165, 1.54) is 11.8 Å². The predicted octanol–water partition coefficient (Wildman–Crippen LogP) is 3.95. The molecular weight excluding hydrogens is 387 g/mol. The number of halogens is 2. The first-order chi connectivity index (χ1) is 11.5. The van der Waals surface area contributed by atoms with Gasteiger partial charge in [0.1, 0.15) is 0 Å². The fraction of sp³-hybridized carbons (Fsp3) is 0.267. The first kappa shape index (κ1) is 17.7. The van der Waals surface area contributed by atoms with E-state index in [-0.39, 0.29) is 0 Å². The summed E-state index contributed by atoms with van der Waals surface area (Å²) in [5, 5.41) is 9.98. The zero-order valence-electron chi connectivity index (χ0n) is 13.0. The quantitative estimate of drug-likeness (QED) is 0.606. The van der Waals surface area contributed by atoms with Gasteiger partial charge in [-0.2, -0.15) is 0 Å². The second-order valence-electron chi connectivity index (χ2n) is 5.13. The van der Waals surface area contributed by atoms with E-state index in [4.69, 9.17) is 23.2 Å². The van der Waals surface area contributed by atoms with Crippen LogP contribution >= 0.6 is 35.0 Å². The van der Waals surface area contributed by atoms with Crippen molar-refractivity contribution in [1.29, 1.82) is 0 Å². The monoisotopic (exact) mass is 400 g/mol. The Labute approximate surface area is 156 Å². The second kappa shape index (κ2) is 7.39. The number of benzene rings is 1. The minimum absolute atomic E-state index is 0.442. The summed E-state index contributed by atoms with van der Waals surface area (Å²) in [6, 6.07) is 6.96. The molecular formula is C15H14Cl2N4OS2. The lowest BCUT2D eigenvalue weighted by atomic mass is 10.3. The molecule has 1 unspecified atom stereocenters. The fourth-order valence-corrected chi connectivity index (χ4v) is 5.22. The first-order valence-electron chi connectivity index (χ1n) is 7.11. The molecule has 2 aromatic heterocycles. The van der Waals surface area contributed by atoms with Gasteiger partial charge < -0.3 is 0 Å². The minimum Gasteiger partial charge on any atom is -0.259 e. The molecule has 0 radical (unpaired) electrons. The molecule has 3 aromatic rings. The molecule has 0 bridgehead atoms. The zero-order valence-corrected chi connectivity index (χ0v) is 16.1. The van der Waals surface area contributed by atoms with Crippen LogP contribution in [0.4, 0.5) is 0 Å².